The lowest BCUT2D eigenvalue weighted by Crippen LogP contribution is -2.43. The lowest BCUT2D eigenvalue weighted by atomic mass is 10.0. The second-order valence-corrected chi connectivity index (χ2v) is 6.33. The number of thiophene rings is 1. The number of aromatic nitrogens is 2. The molecular formula is C14H22N6S. The van der Waals surface area contributed by atoms with Crippen LogP contribution in [0.15, 0.2) is 11.4 Å². The predicted octanol–water partition coefficient (Wildman–Crippen LogP) is 1.90. The normalized spacial score (nSPS) is 17.3. The van der Waals surface area contributed by atoms with Gasteiger partial charge in [-0.3, -0.25) is 5.43 Å². The molecule has 1 aliphatic heterocycles. The van der Waals surface area contributed by atoms with Crippen LogP contribution in [0, 0.1) is 0 Å². The molecule has 0 saturated carbocycles. The Balaban J connectivity index is 1.87. The van der Waals surface area contributed by atoms with E-state index in [0.29, 0.717) is 12.0 Å². The number of hydrogen-bond acceptors (Lipinski definition) is 7. The highest BCUT2D eigenvalue weighted by molar-refractivity contribution is 7.16. The fourth-order valence-electron chi connectivity index (χ4n) is 2.97. The van der Waals surface area contributed by atoms with E-state index in [9.17, 15) is 0 Å². The van der Waals surface area contributed by atoms with Gasteiger partial charge in [-0.15, -0.1) is 11.3 Å². The van der Waals surface area contributed by atoms with E-state index in [1.165, 1.54) is 12.8 Å². The first-order chi connectivity index (χ1) is 10.2. The van der Waals surface area contributed by atoms with Crippen molar-refractivity contribution >= 4 is 33.3 Å². The third kappa shape index (κ3) is 2.81. The van der Waals surface area contributed by atoms with E-state index >= 15 is 0 Å². The molecule has 0 bridgehead atoms. The Morgan fingerprint density at radius 3 is 2.86 bits per heavy atom. The second-order valence-electron chi connectivity index (χ2n) is 5.43. The minimum atomic E-state index is 0.484. The minimum absolute atomic E-state index is 0.484. The molecule has 3 rings (SSSR count). The van der Waals surface area contributed by atoms with E-state index in [1.54, 1.807) is 11.3 Å². The van der Waals surface area contributed by atoms with Gasteiger partial charge >= 0.3 is 0 Å². The van der Waals surface area contributed by atoms with Crippen molar-refractivity contribution in [1.29, 1.82) is 0 Å². The van der Waals surface area contributed by atoms with Gasteiger partial charge in [0.25, 0.3) is 0 Å². The number of piperidine rings is 1. The van der Waals surface area contributed by atoms with Gasteiger partial charge in [0.1, 0.15) is 10.6 Å². The van der Waals surface area contributed by atoms with Crippen LogP contribution < -0.4 is 16.2 Å². The van der Waals surface area contributed by atoms with Crippen molar-refractivity contribution in [3.05, 3.63) is 11.4 Å². The number of nitrogen functional groups attached to an aromatic ring is 1. The maximum absolute atomic E-state index is 5.50. The van der Waals surface area contributed by atoms with Crippen LogP contribution in [-0.2, 0) is 0 Å². The number of fused-ring (bicyclic) bond motifs is 1. The Kier molecular flexibility index (Phi) is 4.23. The van der Waals surface area contributed by atoms with Gasteiger partial charge in [-0.05, 0) is 30.8 Å². The maximum atomic E-state index is 5.50. The van der Waals surface area contributed by atoms with Crippen molar-refractivity contribution in [2.45, 2.75) is 25.8 Å². The molecule has 0 aromatic carbocycles. The number of hydrazine groups is 1. The van der Waals surface area contributed by atoms with Gasteiger partial charge in [0.05, 0.1) is 5.39 Å². The number of nitrogens with one attached hydrogen (secondary N) is 1. The van der Waals surface area contributed by atoms with Gasteiger partial charge in [0.2, 0.25) is 5.95 Å². The molecule has 0 amide bonds. The van der Waals surface area contributed by atoms with E-state index in [0.717, 1.165) is 35.7 Å². The Labute approximate surface area is 128 Å². The molecule has 6 nitrogen and oxygen atoms in total. The first-order valence-electron chi connectivity index (χ1n) is 7.40. The fraction of sp³-hybridized carbons (Fsp3) is 0.571. The van der Waals surface area contributed by atoms with E-state index < -0.39 is 0 Å². The Hall–Kier alpha value is -1.44. The molecule has 1 fully saturated rings. The van der Waals surface area contributed by atoms with Crippen LogP contribution in [0.5, 0.6) is 0 Å². The van der Waals surface area contributed by atoms with Crippen molar-refractivity contribution in [1.82, 2.24) is 14.9 Å². The standard InChI is InChI=1S/C14H22N6S/c1-3-20-7-4-10(5-8-20)19(2)12-11-6-9-21-13(11)17-14(16-12)18-15/h6,9-10H,3-5,7-8,15H2,1-2H3,(H,16,17,18). The molecule has 0 radical (unpaired) electrons. The number of nitrogens with two attached hydrogens (primary N) is 1. The van der Waals surface area contributed by atoms with E-state index in [4.69, 9.17) is 5.84 Å². The maximum Gasteiger partial charge on any atom is 0.240 e. The Bertz CT molecular complexity index is 605. The lowest BCUT2D eigenvalue weighted by molar-refractivity contribution is 0.220. The molecule has 0 unspecified atom stereocenters. The van der Waals surface area contributed by atoms with Gasteiger partial charge in [0, 0.05) is 26.2 Å². The zero-order valence-corrected chi connectivity index (χ0v) is 13.4. The van der Waals surface area contributed by atoms with Crippen LogP contribution in [0.3, 0.4) is 0 Å². The van der Waals surface area contributed by atoms with Crippen LogP contribution >= 0.6 is 11.3 Å². The first kappa shape index (κ1) is 14.5. The zero-order valence-electron chi connectivity index (χ0n) is 12.5. The molecule has 114 valence electrons. The van der Waals surface area contributed by atoms with Crippen molar-refractivity contribution in [2.24, 2.45) is 5.84 Å². The van der Waals surface area contributed by atoms with Crippen LogP contribution in [-0.4, -0.2) is 47.6 Å². The highest BCUT2D eigenvalue weighted by Gasteiger charge is 2.24. The number of nitrogens with zero attached hydrogens (tertiary/aromatic N) is 4. The summed E-state index contributed by atoms with van der Waals surface area (Å²) < 4.78 is 0. The third-order valence-electron chi connectivity index (χ3n) is 4.32. The van der Waals surface area contributed by atoms with Crippen molar-refractivity contribution in [3.8, 4) is 0 Å². The number of hydrogen-bond donors (Lipinski definition) is 2. The molecule has 2 aromatic heterocycles. The zero-order chi connectivity index (χ0) is 14.8. The average Bonchev–Trinajstić information content (AvgIpc) is 3.01. The van der Waals surface area contributed by atoms with Crippen LogP contribution in [0.1, 0.15) is 19.8 Å². The average molecular weight is 306 g/mol. The third-order valence-corrected chi connectivity index (χ3v) is 5.13. The van der Waals surface area contributed by atoms with Gasteiger partial charge in [-0.1, -0.05) is 6.92 Å². The molecule has 1 saturated heterocycles. The van der Waals surface area contributed by atoms with Crippen LogP contribution in [0.4, 0.5) is 11.8 Å². The Morgan fingerprint density at radius 1 is 1.43 bits per heavy atom. The number of likely N-dealkylation sites (tertiary alicyclic amines) is 1. The molecule has 7 heteroatoms. The topological polar surface area (TPSA) is 70.3 Å². The minimum Gasteiger partial charge on any atom is -0.356 e. The molecule has 3 N–H and O–H groups in total. The second kappa shape index (κ2) is 6.13. The van der Waals surface area contributed by atoms with E-state index in [2.05, 4.69) is 50.6 Å². The van der Waals surface area contributed by atoms with Crippen molar-refractivity contribution < 1.29 is 0 Å². The predicted molar refractivity (Wildman–Crippen MR) is 88.8 cm³/mol. The van der Waals surface area contributed by atoms with E-state index in [1.807, 2.05) is 0 Å². The Morgan fingerprint density at radius 2 is 2.19 bits per heavy atom. The molecular weight excluding hydrogens is 284 g/mol. The summed E-state index contributed by atoms with van der Waals surface area (Å²) in [5, 5.41) is 3.16. The summed E-state index contributed by atoms with van der Waals surface area (Å²) in [5.74, 6) is 6.96. The molecule has 2 aromatic rings. The summed E-state index contributed by atoms with van der Waals surface area (Å²) in [6, 6.07) is 2.62. The monoisotopic (exact) mass is 306 g/mol. The van der Waals surface area contributed by atoms with Gasteiger partial charge < -0.3 is 9.80 Å². The summed E-state index contributed by atoms with van der Waals surface area (Å²) in [6.45, 7) is 5.68. The van der Waals surface area contributed by atoms with Crippen molar-refractivity contribution in [3.63, 3.8) is 0 Å². The highest BCUT2D eigenvalue weighted by atomic mass is 32.1. The van der Waals surface area contributed by atoms with Crippen LogP contribution in [0.2, 0.25) is 0 Å². The molecule has 1 aliphatic rings. The molecule has 0 atom stereocenters. The summed E-state index contributed by atoms with van der Waals surface area (Å²) in [7, 11) is 2.13. The number of rotatable bonds is 4. The molecule has 0 aliphatic carbocycles. The molecule has 3 heterocycles. The summed E-state index contributed by atoms with van der Waals surface area (Å²) in [4.78, 5) is 14.8. The highest BCUT2D eigenvalue weighted by Crippen LogP contribution is 2.31. The first-order valence-corrected chi connectivity index (χ1v) is 8.28. The SMILES string of the molecule is CCN1CCC(N(C)c2nc(NN)nc3sccc23)CC1. The van der Waals surface area contributed by atoms with E-state index in [-0.39, 0.29) is 0 Å². The fourth-order valence-corrected chi connectivity index (χ4v) is 3.73. The summed E-state index contributed by atoms with van der Waals surface area (Å²) in [5.41, 5.74) is 2.57. The summed E-state index contributed by atoms with van der Waals surface area (Å²) >= 11 is 1.62. The lowest BCUT2D eigenvalue weighted by Gasteiger charge is -2.37. The molecule has 0 spiro atoms. The van der Waals surface area contributed by atoms with Gasteiger partial charge in [0.15, 0.2) is 0 Å². The summed E-state index contributed by atoms with van der Waals surface area (Å²) in [6.07, 6.45) is 2.34. The number of anilines is 2. The quantitative estimate of drug-likeness (QED) is 0.664. The van der Waals surface area contributed by atoms with Gasteiger partial charge in [-0.2, -0.15) is 4.98 Å². The smallest absolute Gasteiger partial charge is 0.240 e. The van der Waals surface area contributed by atoms with Crippen molar-refractivity contribution in [2.75, 3.05) is 37.0 Å². The molecule has 21 heavy (non-hydrogen) atoms. The van der Waals surface area contributed by atoms with Gasteiger partial charge in [-0.25, -0.2) is 10.8 Å². The van der Waals surface area contributed by atoms with Crippen LogP contribution in [0.25, 0.3) is 10.2 Å². The largest absolute Gasteiger partial charge is 0.356 e.